The second kappa shape index (κ2) is 7.15. The van der Waals surface area contributed by atoms with Gasteiger partial charge in [0.1, 0.15) is 10.7 Å². The van der Waals surface area contributed by atoms with E-state index in [0.29, 0.717) is 16.1 Å². The number of rotatable bonds is 5. The number of ketones is 1. The number of esters is 1. The molecule has 120 valence electrons. The summed E-state index contributed by atoms with van der Waals surface area (Å²) in [7, 11) is 0. The second-order valence-corrected chi connectivity index (χ2v) is 5.89. The molecule has 0 aliphatic heterocycles. The predicted octanol–water partition coefficient (Wildman–Crippen LogP) is 3.19. The lowest BCUT2D eigenvalue weighted by Crippen LogP contribution is -2.21. The number of carbonyl (C=O) groups excluding carboxylic acids is 3. The van der Waals surface area contributed by atoms with Gasteiger partial charge in [-0.15, -0.1) is 11.3 Å². The van der Waals surface area contributed by atoms with Gasteiger partial charge in [-0.1, -0.05) is 6.07 Å². The van der Waals surface area contributed by atoms with E-state index in [-0.39, 0.29) is 10.7 Å². The normalized spacial score (nSPS) is 10.2. The van der Waals surface area contributed by atoms with Crippen LogP contribution in [0.5, 0.6) is 0 Å². The summed E-state index contributed by atoms with van der Waals surface area (Å²) < 4.78 is 18.0. The van der Waals surface area contributed by atoms with Crippen molar-refractivity contribution in [1.82, 2.24) is 0 Å². The monoisotopic (exact) mass is 335 g/mol. The van der Waals surface area contributed by atoms with Crippen LogP contribution in [0.1, 0.15) is 31.8 Å². The molecule has 2 rings (SSSR count). The maximum Gasteiger partial charge on any atom is 0.348 e. The summed E-state index contributed by atoms with van der Waals surface area (Å²) in [5, 5.41) is 2.47. The van der Waals surface area contributed by atoms with Crippen LogP contribution in [0.4, 0.5) is 10.1 Å². The lowest BCUT2D eigenvalue weighted by molar-refractivity contribution is -0.119. The Balaban J connectivity index is 1.92. The first-order valence-corrected chi connectivity index (χ1v) is 7.52. The summed E-state index contributed by atoms with van der Waals surface area (Å²) in [6, 6.07) is 7.01. The summed E-state index contributed by atoms with van der Waals surface area (Å²) in [6.45, 7) is 2.62. The third-order valence-electron chi connectivity index (χ3n) is 2.96. The van der Waals surface area contributed by atoms with E-state index in [1.54, 1.807) is 6.92 Å². The van der Waals surface area contributed by atoms with E-state index in [0.717, 1.165) is 11.3 Å². The van der Waals surface area contributed by atoms with Gasteiger partial charge >= 0.3 is 5.97 Å². The lowest BCUT2D eigenvalue weighted by atomic mass is 10.2. The lowest BCUT2D eigenvalue weighted by Gasteiger charge is -2.08. The molecule has 5 nitrogen and oxygen atoms in total. The molecule has 0 fully saturated rings. The number of nitrogens with one attached hydrogen (secondary N) is 1. The van der Waals surface area contributed by atoms with Gasteiger partial charge in [0.05, 0.1) is 4.88 Å². The smallest absolute Gasteiger partial charge is 0.348 e. The van der Waals surface area contributed by atoms with Crippen LogP contribution >= 0.6 is 11.3 Å². The van der Waals surface area contributed by atoms with E-state index in [9.17, 15) is 18.8 Å². The summed E-state index contributed by atoms with van der Waals surface area (Å²) in [4.78, 5) is 35.4. The molecule has 7 heteroatoms. The van der Waals surface area contributed by atoms with Gasteiger partial charge in [0.25, 0.3) is 5.91 Å². The molecule has 23 heavy (non-hydrogen) atoms. The van der Waals surface area contributed by atoms with Crippen LogP contribution in [0.2, 0.25) is 0 Å². The number of ether oxygens (including phenoxy) is 1. The topological polar surface area (TPSA) is 72.5 Å². The molecule has 0 aliphatic carbocycles. The van der Waals surface area contributed by atoms with Crippen LogP contribution in [0, 0.1) is 12.7 Å². The molecule has 0 saturated carbocycles. The van der Waals surface area contributed by atoms with Gasteiger partial charge in [0.2, 0.25) is 0 Å². The molecule has 1 heterocycles. The van der Waals surface area contributed by atoms with Crippen molar-refractivity contribution in [2.75, 3.05) is 11.9 Å². The first kappa shape index (κ1) is 16.8. The molecule has 1 aromatic heterocycles. The van der Waals surface area contributed by atoms with Gasteiger partial charge in [0.15, 0.2) is 12.4 Å². The highest BCUT2D eigenvalue weighted by atomic mass is 32.1. The molecule has 1 N–H and O–H groups in total. The van der Waals surface area contributed by atoms with Crippen molar-refractivity contribution >= 4 is 34.7 Å². The first-order chi connectivity index (χ1) is 10.9. The number of hydrogen-bond donors (Lipinski definition) is 1. The van der Waals surface area contributed by atoms with E-state index < -0.39 is 24.3 Å². The molecular formula is C16H14FNO4S. The van der Waals surface area contributed by atoms with Crippen LogP contribution in [-0.4, -0.2) is 24.3 Å². The van der Waals surface area contributed by atoms with Crippen molar-refractivity contribution < 1.29 is 23.5 Å². The highest BCUT2D eigenvalue weighted by molar-refractivity contribution is 7.15. The van der Waals surface area contributed by atoms with Crippen LogP contribution in [-0.2, 0) is 9.53 Å². The first-order valence-electron chi connectivity index (χ1n) is 6.70. The molecule has 1 amide bonds. The molecule has 1 aromatic carbocycles. The fourth-order valence-electron chi connectivity index (χ4n) is 1.75. The Morgan fingerprint density at radius 2 is 1.87 bits per heavy atom. The molecule has 0 spiro atoms. The maximum atomic E-state index is 13.1. The van der Waals surface area contributed by atoms with E-state index in [1.165, 1.54) is 37.3 Å². The number of hydrogen-bond acceptors (Lipinski definition) is 5. The molecule has 0 saturated heterocycles. The minimum absolute atomic E-state index is 0.145. The molecule has 0 radical (unpaired) electrons. The fraction of sp³-hybridized carbons (Fsp3) is 0.188. The van der Waals surface area contributed by atoms with Crippen LogP contribution in [0.25, 0.3) is 0 Å². The quantitative estimate of drug-likeness (QED) is 0.673. The number of benzene rings is 1. The molecule has 2 aromatic rings. The third-order valence-corrected chi connectivity index (χ3v) is 4.13. The van der Waals surface area contributed by atoms with Gasteiger partial charge in [-0.2, -0.15) is 0 Å². The number of carbonyl (C=O) groups is 3. The van der Waals surface area contributed by atoms with E-state index >= 15 is 0 Å². The third kappa shape index (κ3) is 4.46. The second-order valence-electron chi connectivity index (χ2n) is 4.80. The Hall–Kier alpha value is -2.54. The Labute approximate surface area is 136 Å². The van der Waals surface area contributed by atoms with Gasteiger partial charge in [-0.25, -0.2) is 9.18 Å². The van der Waals surface area contributed by atoms with Crippen LogP contribution in [0.15, 0.2) is 30.3 Å². The fourth-order valence-corrected chi connectivity index (χ4v) is 2.55. The van der Waals surface area contributed by atoms with Crippen molar-refractivity contribution in [1.29, 1.82) is 0 Å². The zero-order valence-corrected chi connectivity index (χ0v) is 13.3. The number of halogens is 1. The predicted molar refractivity (Wildman–Crippen MR) is 84.4 cm³/mol. The SMILES string of the molecule is CC(=O)c1ccc(C(=O)OCC(=O)Nc2cc(F)ccc2C)s1. The highest BCUT2D eigenvalue weighted by Gasteiger charge is 2.15. The van der Waals surface area contributed by atoms with Gasteiger partial charge in [-0.3, -0.25) is 9.59 Å². The highest BCUT2D eigenvalue weighted by Crippen LogP contribution is 2.18. The van der Waals surface area contributed by atoms with Crippen molar-refractivity contribution in [3.8, 4) is 0 Å². The molecule has 0 unspecified atom stereocenters. The zero-order valence-electron chi connectivity index (χ0n) is 12.5. The van der Waals surface area contributed by atoms with Gasteiger partial charge in [-0.05, 0) is 43.7 Å². The molecule has 0 atom stereocenters. The molecule has 0 aliphatic rings. The minimum atomic E-state index is -0.686. The molecular weight excluding hydrogens is 321 g/mol. The van der Waals surface area contributed by atoms with E-state index in [1.807, 2.05) is 0 Å². The minimum Gasteiger partial charge on any atom is -0.451 e. The van der Waals surface area contributed by atoms with Crippen LogP contribution < -0.4 is 5.32 Å². The standard InChI is InChI=1S/C16H14FNO4S/c1-9-3-4-11(17)7-12(9)18-15(20)8-22-16(21)14-6-5-13(23-14)10(2)19/h3-7H,8H2,1-2H3,(H,18,20). The number of amides is 1. The average molecular weight is 335 g/mol. The molecule has 0 bridgehead atoms. The number of anilines is 1. The van der Waals surface area contributed by atoms with Crippen molar-refractivity contribution in [3.05, 3.63) is 51.5 Å². The van der Waals surface area contributed by atoms with Crippen molar-refractivity contribution in [2.45, 2.75) is 13.8 Å². The summed E-state index contributed by atoms with van der Waals surface area (Å²) in [6.07, 6.45) is 0. The summed E-state index contributed by atoms with van der Waals surface area (Å²) in [5.74, 6) is -1.88. The number of aryl methyl sites for hydroxylation is 1. The van der Waals surface area contributed by atoms with Crippen molar-refractivity contribution in [2.24, 2.45) is 0 Å². The zero-order chi connectivity index (χ0) is 17.0. The largest absolute Gasteiger partial charge is 0.451 e. The van der Waals surface area contributed by atoms with E-state index in [2.05, 4.69) is 5.32 Å². The van der Waals surface area contributed by atoms with Gasteiger partial charge < -0.3 is 10.1 Å². The Bertz CT molecular complexity index is 769. The summed E-state index contributed by atoms with van der Waals surface area (Å²) >= 11 is 1.00. The van der Waals surface area contributed by atoms with Gasteiger partial charge in [0, 0.05) is 5.69 Å². The maximum absolute atomic E-state index is 13.1. The Morgan fingerprint density at radius 1 is 1.17 bits per heavy atom. The number of Topliss-reactive ketones (excluding diaryl/α,β-unsaturated/α-hetero) is 1. The Morgan fingerprint density at radius 3 is 2.52 bits per heavy atom. The average Bonchev–Trinajstić information content (AvgIpc) is 2.99. The Kier molecular flexibility index (Phi) is 5.23. The van der Waals surface area contributed by atoms with Crippen molar-refractivity contribution in [3.63, 3.8) is 0 Å². The number of thiophene rings is 1. The van der Waals surface area contributed by atoms with Crippen LogP contribution in [0.3, 0.4) is 0 Å². The summed E-state index contributed by atoms with van der Waals surface area (Å²) in [5.41, 5.74) is 1.01. The van der Waals surface area contributed by atoms with E-state index in [4.69, 9.17) is 4.74 Å².